The van der Waals surface area contributed by atoms with Crippen LogP contribution >= 0.6 is 0 Å². The quantitative estimate of drug-likeness (QED) is 0.896. The third kappa shape index (κ3) is 2.02. The second-order valence-electron chi connectivity index (χ2n) is 4.90. The van der Waals surface area contributed by atoms with Gasteiger partial charge in [-0.15, -0.1) is 0 Å². The van der Waals surface area contributed by atoms with Crippen LogP contribution in [0.4, 0.5) is 0 Å². The number of aliphatic hydroxyl groups is 1. The predicted molar refractivity (Wildman–Crippen MR) is 69.4 cm³/mol. The summed E-state index contributed by atoms with van der Waals surface area (Å²) < 4.78 is 7.56. The number of imidazole rings is 1. The average molecular weight is 246 g/mol. The van der Waals surface area contributed by atoms with Gasteiger partial charge in [-0.05, 0) is 25.0 Å². The van der Waals surface area contributed by atoms with E-state index >= 15 is 0 Å². The molecule has 1 aromatic heterocycles. The summed E-state index contributed by atoms with van der Waals surface area (Å²) in [7, 11) is 1.99. The van der Waals surface area contributed by atoms with Crippen molar-refractivity contribution in [2.24, 2.45) is 7.05 Å². The van der Waals surface area contributed by atoms with Crippen LogP contribution in [0, 0.1) is 0 Å². The van der Waals surface area contributed by atoms with E-state index in [9.17, 15) is 5.11 Å². The Morgan fingerprint density at radius 2 is 2.33 bits per heavy atom. The summed E-state index contributed by atoms with van der Waals surface area (Å²) >= 11 is 0. The molecule has 1 N–H and O–H groups in total. The molecule has 0 saturated carbocycles. The fourth-order valence-electron chi connectivity index (χ4n) is 2.60. The highest BCUT2D eigenvalue weighted by molar-refractivity contribution is 5.75. The number of aliphatic hydroxyl groups excluding tert-OH is 1. The molecular formula is C14H18N2O2. The number of nitrogens with zero attached hydrogens (tertiary/aromatic N) is 2. The van der Waals surface area contributed by atoms with Crippen LogP contribution in [0.2, 0.25) is 0 Å². The topological polar surface area (TPSA) is 47.3 Å². The van der Waals surface area contributed by atoms with E-state index in [0.29, 0.717) is 6.42 Å². The molecule has 96 valence electrons. The van der Waals surface area contributed by atoms with E-state index in [-0.39, 0.29) is 6.10 Å². The maximum absolute atomic E-state index is 10.2. The maximum Gasteiger partial charge on any atom is 0.112 e. The number of para-hydroxylation sites is 2. The lowest BCUT2D eigenvalue weighted by Gasteiger charge is -2.16. The van der Waals surface area contributed by atoms with Crippen LogP contribution < -0.4 is 0 Å². The fourth-order valence-corrected chi connectivity index (χ4v) is 2.60. The van der Waals surface area contributed by atoms with E-state index in [4.69, 9.17) is 4.74 Å². The molecule has 1 fully saturated rings. The zero-order valence-corrected chi connectivity index (χ0v) is 10.5. The molecule has 0 aliphatic carbocycles. The molecule has 2 atom stereocenters. The largest absolute Gasteiger partial charge is 0.390 e. The number of benzene rings is 1. The van der Waals surface area contributed by atoms with Gasteiger partial charge >= 0.3 is 0 Å². The van der Waals surface area contributed by atoms with Gasteiger partial charge in [-0.2, -0.15) is 0 Å². The van der Waals surface area contributed by atoms with Gasteiger partial charge in [0.2, 0.25) is 0 Å². The van der Waals surface area contributed by atoms with Gasteiger partial charge in [0.05, 0.1) is 23.2 Å². The summed E-state index contributed by atoms with van der Waals surface area (Å²) in [4.78, 5) is 4.57. The molecule has 1 aromatic carbocycles. The number of aromatic nitrogens is 2. The van der Waals surface area contributed by atoms with Gasteiger partial charge in [-0.3, -0.25) is 0 Å². The lowest BCUT2D eigenvalue weighted by molar-refractivity contribution is -0.00191. The molecule has 4 heteroatoms. The molecule has 2 aromatic rings. The highest BCUT2D eigenvalue weighted by Crippen LogP contribution is 2.20. The number of hydrogen-bond acceptors (Lipinski definition) is 3. The standard InChI is InChI=1S/C14H18N2O2/c1-16-11-6-3-2-5-10(11)15-14(16)9-12(17)13-7-4-8-18-13/h2-3,5-6,12-13,17H,4,7-9H2,1H3. The minimum absolute atomic E-state index is 0.0233. The summed E-state index contributed by atoms with van der Waals surface area (Å²) in [5.41, 5.74) is 2.08. The summed E-state index contributed by atoms with van der Waals surface area (Å²) in [5.74, 6) is 0.916. The molecule has 2 unspecified atom stereocenters. The number of aryl methyl sites for hydroxylation is 1. The Morgan fingerprint density at radius 1 is 1.50 bits per heavy atom. The molecule has 4 nitrogen and oxygen atoms in total. The van der Waals surface area contributed by atoms with Gasteiger partial charge in [0, 0.05) is 20.1 Å². The minimum Gasteiger partial charge on any atom is -0.390 e. The number of hydrogen-bond donors (Lipinski definition) is 1. The Hall–Kier alpha value is -1.39. The second kappa shape index (κ2) is 4.71. The van der Waals surface area contributed by atoms with Crippen molar-refractivity contribution in [1.29, 1.82) is 0 Å². The minimum atomic E-state index is -0.456. The van der Waals surface area contributed by atoms with Crippen molar-refractivity contribution in [2.75, 3.05) is 6.61 Å². The van der Waals surface area contributed by atoms with E-state index in [1.165, 1.54) is 0 Å². The Kier molecular flexibility index (Phi) is 3.06. The normalized spacial score (nSPS) is 21.6. The zero-order chi connectivity index (χ0) is 12.5. The first-order valence-corrected chi connectivity index (χ1v) is 6.45. The van der Waals surface area contributed by atoms with Crippen molar-refractivity contribution in [3.05, 3.63) is 30.1 Å². The van der Waals surface area contributed by atoms with Gasteiger partial charge in [0.25, 0.3) is 0 Å². The highest BCUT2D eigenvalue weighted by atomic mass is 16.5. The molecule has 0 spiro atoms. The number of ether oxygens (including phenoxy) is 1. The first-order valence-electron chi connectivity index (χ1n) is 6.45. The summed E-state index contributed by atoms with van der Waals surface area (Å²) in [6, 6.07) is 8.03. The van der Waals surface area contributed by atoms with E-state index in [2.05, 4.69) is 4.98 Å². The SMILES string of the molecule is Cn1c(CC(O)C2CCCO2)nc2ccccc21. The van der Waals surface area contributed by atoms with Crippen molar-refractivity contribution >= 4 is 11.0 Å². The number of rotatable bonds is 3. The van der Waals surface area contributed by atoms with Crippen molar-refractivity contribution < 1.29 is 9.84 Å². The van der Waals surface area contributed by atoms with Crippen LogP contribution in [0.25, 0.3) is 11.0 Å². The van der Waals surface area contributed by atoms with E-state index in [1.54, 1.807) is 0 Å². The molecule has 1 aliphatic rings. The van der Waals surface area contributed by atoms with Crippen LogP contribution in [0.15, 0.2) is 24.3 Å². The van der Waals surface area contributed by atoms with Crippen LogP contribution in [0.1, 0.15) is 18.7 Å². The van der Waals surface area contributed by atoms with Crippen LogP contribution in [0.3, 0.4) is 0 Å². The Bertz CT molecular complexity index is 544. The maximum atomic E-state index is 10.2. The number of fused-ring (bicyclic) bond motifs is 1. The average Bonchev–Trinajstić information content (AvgIpc) is 3.00. The van der Waals surface area contributed by atoms with Crippen LogP contribution in [0.5, 0.6) is 0 Å². The zero-order valence-electron chi connectivity index (χ0n) is 10.5. The molecule has 3 rings (SSSR count). The predicted octanol–water partition coefficient (Wildman–Crippen LogP) is 1.66. The highest BCUT2D eigenvalue weighted by Gasteiger charge is 2.25. The van der Waals surface area contributed by atoms with Gasteiger partial charge in [0.1, 0.15) is 5.82 Å². The first kappa shape index (κ1) is 11.7. The molecule has 0 radical (unpaired) electrons. The summed E-state index contributed by atoms with van der Waals surface area (Å²) in [5, 5.41) is 10.2. The Labute approximate surface area is 106 Å². The molecule has 1 aliphatic heterocycles. The van der Waals surface area contributed by atoms with Gasteiger partial charge in [-0.25, -0.2) is 4.98 Å². The smallest absolute Gasteiger partial charge is 0.112 e. The first-order chi connectivity index (χ1) is 8.75. The van der Waals surface area contributed by atoms with Crippen molar-refractivity contribution in [3.63, 3.8) is 0 Å². The fraction of sp³-hybridized carbons (Fsp3) is 0.500. The van der Waals surface area contributed by atoms with Crippen molar-refractivity contribution in [2.45, 2.75) is 31.5 Å². The van der Waals surface area contributed by atoms with Gasteiger partial charge in [-0.1, -0.05) is 12.1 Å². The van der Waals surface area contributed by atoms with E-state index in [1.807, 2.05) is 35.9 Å². The van der Waals surface area contributed by atoms with Gasteiger partial charge < -0.3 is 14.4 Å². The van der Waals surface area contributed by atoms with Crippen molar-refractivity contribution in [3.8, 4) is 0 Å². The monoisotopic (exact) mass is 246 g/mol. The Balaban J connectivity index is 1.83. The lowest BCUT2D eigenvalue weighted by atomic mass is 10.1. The second-order valence-corrected chi connectivity index (χ2v) is 4.90. The van der Waals surface area contributed by atoms with Gasteiger partial charge in [0.15, 0.2) is 0 Å². The van der Waals surface area contributed by atoms with Crippen LogP contribution in [-0.2, 0) is 18.2 Å². The van der Waals surface area contributed by atoms with E-state index < -0.39 is 6.10 Å². The van der Waals surface area contributed by atoms with Crippen LogP contribution in [-0.4, -0.2) is 33.5 Å². The third-order valence-electron chi connectivity index (χ3n) is 3.67. The van der Waals surface area contributed by atoms with E-state index in [0.717, 1.165) is 36.3 Å². The molecular weight excluding hydrogens is 228 g/mol. The molecule has 0 bridgehead atoms. The van der Waals surface area contributed by atoms with Crippen molar-refractivity contribution in [1.82, 2.24) is 9.55 Å². The summed E-state index contributed by atoms with van der Waals surface area (Å²) in [6.07, 6.45) is 2.07. The molecule has 0 amide bonds. The third-order valence-corrected chi connectivity index (χ3v) is 3.67. The molecule has 2 heterocycles. The molecule has 1 saturated heterocycles. The summed E-state index contributed by atoms with van der Waals surface area (Å²) in [6.45, 7) is 0.768. The molecule has 18 heavy (non-hydrogen) atoms. The Morgan fingerprint density at radius 3 is 3.06 bits per heavy atom. The lowest BCUT2D eigenvalue weighted by Crippen LogP contribution is -2.28.